The summed E-state index contributed by atoms with van der Waals surface area (Å²) in [4.78, 5) is 16.5. The van der Waals surface area contributed by atoms with Gasteiger partial charge in [-0.2, -0.15) is 0 Å². The Hall–Kier alpha value is -1.58. The molecule has 0 unspecified atom stereocenters. The minimum Gasteiger partial charge on any atom is -0.370 e. The normalized spacial score (nSPS) is 19.4. The van der Waals surface area contributed by atoms with Crippen LogP contribution in [0.15, 0.2) is 18.2 Å². The quantitative estimate of drug-likeness (QED) is 0.868. The molecule has 4 heteroatoms. The monoisotopic (exact) mass is 275 g/mol. The number of anilines is 1. The lowest BCUT2D eigenvalue weighted by Crippen LogP contribution is -2.28. The van der Waals surface area contributed by atoms with E-state index >= 15 is 0 Å². The van der Waals surface area contributed by atoms with E-state index in [9.17, 15) is 4.79 Å². The molecule has 2 rings (SSSR count). The number of nitrogens with zero attached hydrogens (tertiary/aromatic N) is 1. The molecule has 2 N–H and O–H groups in total. The molecule has 0 aliphatic heterocycles. The smallest absolute Gasteiger partial charge is 0.269 e. The van der Waals surface area contributed by atoms with Crippen molar-refractivity contribution in [1.82, 2.24) is 10.3 Å². The van der Waals surface area contributed by atoms with Crippen molar-refractivity contribution in [3.8, 4) is 0 Å². The van der Waals surface area contributed by atoms with Gasteiger partial charge in [0.1, 0.15) is 11.5 Å². The summed E-state index contributed by atoms with van der Waals surface area (Å²) < 4.78 is 0. The van der Waals surface area contributed by atoms with Crippen molar-refractivity contribution >= 4 is 11.7 Å². The molecule has 1 fully saturated rings. The Morgan fingerprint density at radius 2 is 1.90 bits per heavy atom. The number of aromatic nitrogens is 1. The standard InChI is InChI=1S/C16H25N3O/c1-6-17-13-9-7-8-11(19-13)14(20)18-10-12-15(2,3)16(12,4)5/h7-9,12H,6,10H2,1-5H3,(H,17,19)(H,18,20). The van der Waals surface area contributed by atoms with Crippen molar-refractivity contribution in [3.63, 3.8) is 0 Å². The van der Waals surface area contributed by atoms with Crippen molar-refractivity contribution in [3.05, 3.63) is 23.9 Å². The fourth-order valence-corrected chi connectivity index (χ4v) is 2.97. The van der Waals surface area contributed by atoms with E-state index in [2.05, 4.69) is 43.3 Å². The van der Waals surface area contributed by atoms with Gasteiger partial charge in [0, 0.05) is 13.1 Å². The summed E-state index contributed by atoms with van der Waals surface area (Å²) in [6, 6.07) is 5.47. The summed E-state index contributed by atoms with van der Waals surface area (Å²) in [5.74, 6) is 1.17. The first-order valence-electron chi connectivity index (χ1n) is 7.30. The molecule has 0 radical (unpaired) electrons. The summed E-state index contributed by atoms with van der Waals surface area (Å²) >= 11 is 0. The highest BCUT2D eigenvalue weighted by Gasteiger charge is 2.64. The minimum atomic E-state index is -0.0942. The molecule has 1 amide bonds. The van der Waals surface area contributed by atoms with Gasteiger partial charge in [-0.3, -0.25) is 4.79 Å². The summed E-state index contributed by atoms with van der Waals surface area (Å²) in [5, 5.41) is 6.13. The molecule has 0 aromatic carbocycles. The van der Waals surface area contributed by atoms with Gasteiger partial charge in [0.2, 0.25) is 0 Å². The van der Waals surface area contributed by atoms with Crippen LogP contribution < -0.4 is 10.6 Å². The average molecular weight is 275 g/mol. The Balaban J connectivity index is 1.95. The number of hydrogen-bond donors (Lipinski definition) is 2. The maximum Gasteiger partial charge on any atom is 0.269 e. The van der Waals surface area contributed by atoms with Crippen LogP contribution in [0.3, 0.4) is 0 Å². The van der Waals surface area contributed by atoms with Gasteiger partial charge in [-0.25, -0.2) is 4.98 Å². The Bertz CT molecular complexity index is 494. The zero-order chi connectivity index (χ0) is 15.0. The van der Waals surface area contributed by atoms with Crippen molar-refractivity contribution in [2.75, 3.05) is 18.4 Å². The second-order valence-corrected chi connectivity index (χ2v) is 6.64. The number of carbonyl (C=O) groups excluding carboxylic acids is 1. The van der Waals surface area contributed by atoms with Crippen molar-refractivity contribution in [2.45, 2.75) is 34.6 Å². The highest BCUT2D eigenvalue weighted by molar-refractivity contribution is 5.92. The van der Waals surface area contributed by atoms with Crippen LogP contribution in [-0.4, -0.2) is 24.0 Å². The third-order valence-corrected chi connectivity index (χ3v) is 5.13. The lowest BCUT2D eigenvalue weighted by Gasteiger charge is -2.08. The second-order valence-electron chi connectivity index (χ2n) is 6.64. The third-order valence-electron chi connectivity index (χ3n) is 5.13. The van der Waals surface area contributed by atoms with E-state index in [1.54, 1.807) is 6.07 Å². The molecule has 110 valence electrons. The van der Waals surface area contributed by atoms with Gasteiger partial charge in [0.15, 0.2) is 0 Å². The highest BCUT2D eigenvalue weighted by Crippen LogP contribution is 2.67. The zero-order valence-electron chi connectivity index (χ0n) is 13.1. The van der Waals surface area contributed by atoms with Crippen LogP contribution in [0.2, 0.25) is 0 Å². The Labute approximate surface area is 121 Å². The van der Waals surface area contributed by atoms with E-state index in [4.69, 9.17) is 0 Å². The average Bonchev–Trinajstić information content (AvgIpc) is 2.77. The van der Waals surface area contributed by atoms with Crippen LogP contribution in [0, 0.1) is 16.7 Å². The van der Waals surface area contributed by atoms with Crippen LogP contribution in [0.4, 0.5) is 5.82 Å². The fourth-order valence-electron chi connectivity index (χ4n) is 2.97. The molecule has 0 spiro atoms. The van der Waals surface area contributed by atoms with E-state index in [0.29, 0.717) is 29.0 Å². The molecule has 0 bridgehead atoms. The molecule has 20 heavy (non-hydrogen) atoms. The predicted octanol–water partition coefficient (Wildman–Crippen LogP) is 2.93. The Morgan fingerprint density at radius 1 is 1.25 bits per heavy atom. The maximum absolute atomic E-state index is 12.2. The fraction of sp³-hybridized carbons (Fsp3) is 0.625. The molecule has 1 heterocycles. The predicted molar refractivity (Wildman–Crippen MR) is 81.8 cm³/mol. The molecular formula is C16H25N3O. The molecule has 0 atom stereocenters. The van der Waals surface area contributed by atoms with E-state index < -0.39 is 0 Å². The number of amides is 1. The van der Waals surface area contributed by atoms with Gasteiger partial charge < -0.3 is 10.6 Å². The summed E-state index contributed by atoms with van der Waals surface area (Å²) in [6.07, 6.45) is 0. The van der Waals surface area contributed by atoms with Crippen LogP contribution >= 0.6 is 0 Å². The molecular weight excluding hydrogens is 250 g/mol. The first-order chi connectivity index (χ1) is 9.30. The van der Waals surface area contributed by atoms with Crippen LogP contribution in [0.25, 0.3) is 0 Å². The summed E-state index contributed by atoms with van der Waals surface area (Å²) in [5.41, 5.74) is 1.05. The van der Waals surface area contributed by atoms with E-state index in [-0.39, 0.29) is 5.91 Å². The van der Waals surface area contributed by atoms with E-state index in [1.165, 1.54) is 0 Å². The molecule has 4 nitrogen and oxygen atoms in total. The van der Waals surface area contributed by atoms with Crippen molar-refractivity contribution in [2.24, 2.45) is 16.7 Å². The molecule has 1 aromatic heterocycles. The molecule has 1 saturated carbocycles. The van der Waals surface area contributed by atoms with Crippen LogP contribution in [-0.2, 0) is 0 Å². The van der Waals surface area contributed by atoms with Crippen LogP contribution in [0.5, 0.6) is 0 Å². The lowest BCUT2D eigenvalue weighted by atomic mass is 10.0. The Kier molecular flexibility index (Phi) is 3.76. The van der Waals surface area contributed by atoms with Crippen molar-refractivity contribution < 1.29 is 4.79 Å². The number of nitrogens with one attached hydrogen (secondary N) is 2. The topological polar surface area (TPSA) is 54.0 Å². The lowest BCUT2D eigenvalue weighted by molar-refractivity contribution is 0.0945. The van der Waals surface area contributed by atoms with Crippen molar-refractivity contribution in [1.29, 1.82) is 0 Å². The number of pyridine rings is 1. The summed E-state index contributed by atoms with van der Waals surface area (Å²) in [7, 11) is 0. The third kappa shape index (κ3) is 2.51. The second kappa shape index (κ2) is 5.08. The number of carbonyl (C=O) groups is 1. The van der Waals surface area contributed by atoms with E-state index in [1.807, 2.05) is 19.1 Å². The first-order valence-corrected chi connectivity index (χ1v) is 7.30. The van der Waals surface area contributed by atoms with Crippen LogP contribution in [0.1, 0.15) is 45.1 Å². The van der Waals surface area contributed by atoms with E-state index in [0.717, 1.165) is 12.4 Å². The molecule has 1 aromatic rings. The highest BCUT2D eigenvalue weighted by atomic mass is 16.1. The van der Waals surface area contributed by atoms with Gasteiger partial charge in [-0.15, -0.1) is 0 Å². The largest absolute Gasteiger partial charge is 0.370 e. The van der Waals surface area contributed by atoms with Gasteiger partial charge in [-0.05, 0) is 35.8 Å². The molecule has 1 aliphatic carbocycles. The zero-order valence-corrected chi connectivity index (χ0v) is 13.1. The first kappa shape index (κ1) is 14.8. The number of rotatable bonds is 5. The van der Waals surface area contributed by atoms with Gasteiger partial charge in [-0.1, -0.05) is 33.8 Å². The molecule has 0 saturated heterocycles. The summed E-state index contributed by atoms with van der Waals surface area (Å²) in [6.45, 7) is 12.5. The molecule has 1 aliphatic rings. The van der Waals surface area contributed by atoms with Gasteiger partial charge in [0.25, 0.3) is 5.91 Å². The number of hydrogen-bond acceptors (Lipinski definition) is 3. The Morgan fingerprint density at radius 3 is 2.45 bits per heavy atom. The minimum absolute atomic E-state index is 0.0942. The maximum atomic E-state index is 12.2. The SMILES string of the molecule is CCNc1cccc(C(=O)NCC2C(C)(C)C2(C)C)n1. The van der Waals surface area contributed by atoms with Gasteiger partial charge in [0.05, 0.1) is 0 Å². The van der Waals surface area contributed by atoms with Gasteiger partial charge >= 0.3 is 0 Å².